The molecule has 0 unspecified atom stereocenters. The van der Waals surface area contributed by atoms with Crippen LogP contribution in [0.25, 0.3) is 0 Å². The first-order valence-electron chi connectivity index (χ1n) is 9.72. The van der Waals surface area contributed by atoms with Gasteiger partial charge >= 0.3 is 0 Å². The zero-order valence-corrected chi connectivity index (χ0v) is 16.7. The van der Waals surface area contributed by atoms with E-state index < -0.39 is 17.8 Å². The molecule has 8 heteroatoms. The van der Waals surface area contributed by atoms with Crippen molar-refractivity contribution in [3.05, 3.63) is 48.2 Å². The molecule has 1 aromatic heterocycles. The predicted molar refractivity (Wildman–Crippen MR) is 112 cm³/mol. The zero-order chi connectivity index (χ0) is 20.8. The fourth-order valence-corrected chi connectivity index (χ4v) is 3.24. The van der Waals surface area contributed by atoms with Crippen LogP contribution in [0.2, 0.25) is 0 Å². The van der Waals surface area contributed by atoms with E-state index in [1.165, 1.54) is 10.5 Å². The van der Waals surface area contributed by atoms with Crippen LogP contribution < -0.4 is 10.2 Å². The summed E-state index contributed by atoms with van der Waals surface area (Å²) in [6.45, 7) is 2.51. The number of nitrogens with one attached hydrogen (secondary N) is 2. The van der Waals surface area contributed by atoms with Crippen LogP contribution in [0.1, 0.15) is 25.3 Å². The van der Waals surface area contributed by atoms with E-state index in [2.05, 4.69) is 27.5 Å². The Morgan fingerprint density at radius 1 is 1.38 bits per heavy atom. The molecule has 0 radical (unpaired) electrons. The topological polar surface area (TPSA) is 103 Å². The van der Waals surface area contributed by atoms with Crippen LogP contribution >= 0.6 is 0 Å². The summed E-state index contributed by atoms with van der Waals surface area (Å²) in [6.07, 6.45) is 5.46. The average molecular weight is 394 g/mol. The molecule has 0 aliphatic carbocycles. The number of fused-ring (bicyclic) bond motifs is 1. The number of aryl methyl sites for hydroxylation is 2. The highest BCUT2D eigenvalue weighted by molar-refractivity contribution is 6.38. The van der Waals surface area contributed by atoms with Gasteiger partial charge in [-0.3, -0.25) is 19.9 Å². The van der Waals surface area contributed by atoms with Gasteiger partial charge in [0, 0.05) is 25.9 Å². The van der Waals surface area contributed by atoms with Crippen molar-refractivity contribution in [1.82, 2.24) is 15.1 Å². The van der Waals surface area contributed by atoms with Crippen LogP contribution in [0, 0.1) is 11.3 Å². The van der Waals surface area contributed by atoms with Gasteiger partial charge in [-0.2, -0.15) is 5.10 Å². The third-order valence-electron chi connectivity index (χ3n) is 5.01. The fourth-order valence-electron chi connectivity index (χ4n) is 3.24. The minimum Gasteiger partial charge on any atom is -0.337 e. The molecule has 2 amide bonds. The van der Waals surface area contributed by atoms with E-state index >= 15 is 0 Å². The van der Waals surface area contributed by atoms with Crippen LogP contribution in [0.4, 0.5) is 5.82 Å². The van der Waals surface area contributed by atoms with Crippen LogP contribution in [0.15, 0.2) is 47.6 Å². The average Bonchev–Trinajstić information content (AvgIpc) is 3.17. The molecule has 0 saturated carbocycles. The normalized spacial score (nSPS) is 17.7. The second-order valence-corrected chi connectivity index (χ2v) is 7.25. The summed E-state index contributed by atoms with van der Waals surface area (Å²) in [5.41, 5.74) is 1.25. The minimum absolute atomic E-state index is 0.131. The molecular formula is C21H26N6O2. The molecule has 152 valence electrons. The smallest absolute Gasteiger partial charge is 0.289 e. The van der Waals surface area contributed by atoms with Crippen LogP contribution in [-0.4, -0.2) is 46.7 Å². The maximum absolute atomic E-state index is 12.6. The Morgan fingerprint density at radius 3 is 2.90 bits per heavy atom. The molecule has 2 N–H and O–H groups in total. The van der Waals surface area contributed by atoms with E-state index in [1.54, 1.807) is 30.2 Å². The molecule has 0 spiro atoms. The molecule has 2 heterocycles. The van der Waals surface area contributed by atoms with E-state index in [1.807, 2.05) is 25.1 Å². The Hall–Kier alpha value is -3.29. The number of hydrogen-bond donors (Lipinski definition) is 2. The lowest BCUT2D eigenvalue weighted by atomic mass is 10.0. The summed E-state index contributed by atoms with van der Waals surface area (Å²) in [5.74, 6) is -0.458. The van der Waals surface area contributed by atoms with E-state index in [0.717, 1.165) is 12.8 Å². The number of benzene rings is 1. The Balaban J connectivity index is 1.51. The third kappa shape index (κ3) is 5.16. The van der Waals surface area contributed by atoms with Crippen LogP contribution in [-0.2, 0) is 22.6 Å². The lowest BCUT2D eigenvalue weighted by Gasteiger charge is -2.20. The largest absolute Gasteiger partial charge is 0.337 e. The van der Waals surface area contributed by atoms with Gasteiger partial charge in [0.15, 0.2) is 0 Å². The molecule has 3 rings (SSSR count). The number of carbonyl (C=O) groups is 2. The van der Waals surface area contributed by atoms with Crippen molar-refractivity contribution in [1.29, 1.82) is 5.41 Å². The molecule has 1 aliphatic rings. The Bertz CT molecular complexity index is 905. The molecule has 0 bridgehead atoms. The third-order valence-corrected chi connectivity index (χ3v) is 5.01. The standard InChI is InChI=1S/C21H26N6O2/c1-15(8-9-16-6-4-3-5-7-16)14-23-19(22)20(28)25-17-11-13-27-18(10-12-24-27)26(2)21(17)29/h3-7,10,12,14-15,17,22H,8-9,11,13H2,1-2H3,(H,25,28)/t15-,17-/m0/s1. The lowest BCUT2D eigenvalue weighted by molar-refractivity contribution is -0.124. The lowest BCUT2D eigenvalue weighted by Crippen LogP contribution is -2.48. The molecule has 29 heavy (non-hydrogen) atoms. The van der Waals surface area contributed by atoms with E-state index in [9.17, 15) is 9.59 Å². The van der Waals surface area contributed by atoms with Crippen molar-refractivity contribution < 1.29 is 9.59 Å². The number of carbonyl (C=O) groups excluding carboxylic acids is 2. The number of anilines is 1. The summed E-state index contributed by atoms with van der Waals surface area (Å²) >= 11 is 0. The number of likely N-dealkylation sites (N-methyl/N-ethyl adjacent to an activating group) is 1. The summed E-state index contributed by atoms with van der Waals surface area (Å²) in [6, 6.07) is 11.2. The number of aromatic nitrogens is 2. The van der Waals surface area contributed by atoms with Gasteiger partial charge in [0.2, 0.25) is 5.84 Å². The van der Waals surface area contributed by atoms with Crippen molar-refractivity contribution in [3.8, 4) is 0 Å². The van der Waals surface area contributed by atoms with Crippen molar-refractivity contribution in [3.63, 3.8) is 0 Å². The molecule has 2 atom stereocenters. The second kappa shape index (κ2) is 9.27. The maximum atomic E-state index is 12.6. The van der Waals surface area contributed by atoms with Crippen LogP contribution in [0.5, 0.6) is 0 Å². The predicted octanol–water partition coefficient (Wildman–Crippen LogP) is 2.05. The van der Waals surface area contributed by atoms with Gasteiger partial charge in [-0.05, 0) is 30.7 Å². The summed E-state index contributed by atoms with van der Waals surface area (Å²) in [5, 5.41) is 14.7. The van der Waals surface area contributed by atoms with E-state index in [0.29, 0.717) is 18.8 Å². The first kappa shape index (κ1) is 20.4. The monoisotopic (exact) mass is 394 g/mol. The number of amides is 2. The van der Waals surface area contributed by atoms with Crippen molar-refractivity contribution >= 4 is 29.7 Å². The quantitative estimate of drug-likeness (QED) is 0.599. The van der Waals surface area contributed by atoms with Gasteiger partial charge in [0.1, 0.15) is 11.9 Å². The highest BCUT2D eigenvalue weighted by Gasteiger charge is 2.30. The maximum Gasteiger partial charge on any atom is 0.289 e. The SMILES string of the molecule is C[C@H](C=NC(=N)C(=O)N[C@H]1CCn2nccc2N(C)C1=O)CCc1ccccc1. The van der Waals surface area contributed by atoms with Gasteiger partial charge in [0.25, 0.3) is 11.8 Å². The summed E-state index contributed by atoms with van der Waals surface area (Å²) < 4.78 is 1.72. The minimum atomic E-state index is -0.708. The van der Waals surface area contributed by atoms with E-state index in [-0.39, 0.29) is 11.8 Å². The van der Waals surface area contributed by atoms with Crippen molar-refractivity contribution in [2.45, 2.75) is 38.8 Å². The van der Waals surface area contributed by atoms with Gasteiger partial charge in [-0.25, -0.2) is 9.67 Å². The van der Waals surface area contributed by atoms with Crippen molar-refractivity contribution in [2.75, 3.05) is 11.9 Å². The first-order chi connectivity index (χ1) is 14.0. The molecule has 8 nitrogen and oxygen atoms in total. The molecule has 1 aliphatic heterocycles. The number of amidine groups is 1. The second-order valence-electron chi connectivity index (χ2n) is 7.25. The molecule has 2 aromatic rings. The van der Waals surface area contributed by atoms with Gasteiger partial charge in [-0.15, -0.1) is 0 Å². The highest BCUT2D eigenvalue weighted by atomic mass is 16.2. The van der Waals surface area contributed by atoms with Gasteiger partial charge < -0.3 is 5.32 Å². The summed E-state index contributed by atoms with van der Waals surface area (Å²) in [7, 11) is 1.65. The fraction of sp³-hybridized carbons (Fsp3) is 0.381. The Labute approximate surface area is 170 Å². The molecule has 0 saturated heterocycles. The number of hydrogen-bond acceptors (Lipinski definition) is 4. The Kier molecular flexibility index (Phi) is 6.54. The van der Waals surface area contributed by atoms with Gasteiger partial charge in [-0.1, -0.05) is 37.3 Å². The molecule has 1 aromatic carbocycles. The first-order valence-corrected chi connectivity index (χ1v) is 9.72. The van der Waals surface area contributed by atoms with Crippen LogP contribution in [0.3, 0.4) is 0 Å². The van der Waals surface area contributed by atoms with Gasteiger partial charge in [0.05, 0.1) is 6.20 Å². The zero-order valence-electron chi connectivity index (χ0n) is 16.7. The Morgan fingerprint density at radius 2 is 2.14 bits per heavy atom. The number of aliphatic imine (C=N–C) groups is 1. The van der Waals surface area contributed by atoms with E-state index in [4.69, 9.17) is 5.41 Å². The van der Waals surface area contributed by atoms with Crippen molar-refractivity contribution in [2.24, 2.45) is 10.9 Å². The molecular weight excluding hydrogens is 368 g/mol. The highest BCUT2D eigenvalue weighted by Crippen LogP contribution is 2.18. The number of rotatable bonds is 5. The summed E-state index contributed by atoms with van der Waals surface area (Å²) in [4.78, 5) is 30.4. The number of nitrogens with zero attached hydrogens (tertiary/aromatic N) is 4. The molecule has 0 fully saturated rings.